The van der Waals surface area contributed by atoms with Gasteiger partial charge in [-0.1, -0.05) is 19.1 Å². The predicted octanol–water partition coefficient (Wildman–Crippen LogP) is 3.51. The van der Waals surface area contributed by atoms with E-state index in [-0.39, 0.29) is 5.91 Å². The van der Waals surface area contributed by atoms with E-state index < -0.39 is 0 Å². The number of aromatic amines is 1. The molecule has 4 heteroatoms. The van der Waals surface area contributed by atoms with Crippen LogP contribution in [0.25, 0.3) is 10.9 Å². The fraction of sp³-hybridized carbons (Fsp3) is 0.571. The Morgan fingerprint density at radius 2 is 2.16 bits per heavy atom. The molecule has 2 heterocycles. The average molecular weight is 339 g/mol. The second kappa shape index (κ2) is 7.20. The largest absolute Gasteiger partial charge is 0.358 e. The number of carbonyl (C=O) groups excluding carboxylic acids is 1. The van der Waals surface area contributed by atoms with E-state index in [0.29, 0.717) is 5.92 Å². The first kappa shape index (κ1) is 16.6. The molecule has 1 aromatic heterocycles. The second-order valence-corrected chi connectivity index (χ2v) is 7.63. The van der Waals surface area contributed by atoms with Crippen LogP contribution in [0.2, 0.25) is 0 Å². The third kappa shape index (κ3) is 3.32. The van der Waals surface area contributed by atoms with Crippen molar-refractivity contribution in [2.45, 2.75) is 45.4 Å². The summed E-state index contributed by atoms with van der Waals surface area (Å²) in [5.74, 6) is 0.645. The van der Waals surface area contributed by atoms with Crippen LogP contribution in [0.15, 0.2) is 18.2 Å². The standard InChI is InChI=1S/C21H29N3O/c1-2-24-12-6-7-15(14-24)13-22-21(25)18-10-5-9-17-16-8-3-4-11-19(16)23-20(17)18/h5,9-10,15,23H,2-4,6-8,11-14H2,1H3,(H,22,25)/t15-/m1/s1. The van der Waals surface area contributed by atoms with Gasteiger partial charge in [0.1, 0.15) is 0 Å². The van der Waals surface area contributed by atoms with Crippen molar-refractivity contribution in [3.63, 3.8) is 0 Å². The van der Waals surface area contributed by atoms with Gasteiger partial charge in [0.05, 0.1) is 11.1 Å². The molecule has 1 aliphatic carbocycles. The lowest BCUT2D eigenvalue weighted by molar-refractivity contribution is 0.0935. The zero-order valence-corrected chi connectivity index (χ0v) is 15.2. The number of piperidine rings is 1. The summed E-state index contributed by atoms with van der Waals surface area (Å²) >= 11 is 0. The first-order valence-corrected chi connectivity index (χ1v) is 9.89. The van der Waals surface area contributed by atoms with Gasteiger partial charge in [0.25, 0.3) is 5.91 Å². The number of H-pyrrole nitrogens is 1. The summed E-state index contributed by atoms with van der Waals surface area (Å²) in [6, 6.07) is 6.14. The predicted molar refractivity (Wildman–Crippen MR) is 102 cm³/mol. The van der Waals surface area contributed by atoms with E-state index in [4.69, 9.17) is 0 Å². The Morgan fingerprint density at radius 3 is 3.04 bits per heavy atom. The van der Waals surface area contributed by atoms with Crippen LogP contribution in [0.1, 0.15) is 54.2 Å². The van der Waals surface area contributed by atoms with Crippen LogP contribution >= 0.6 is 0 Å². The molecule has 1 aliphatic heterocycles. The molecule has 0 saturated carbocycles. The van der Waals surface area contributed by atoms with Crippen LogP contribution in [0.3, 0.4) is 0 Å². The molecule has 0 unspecified atom stereocenters. The maximum Gasteiger partial charge on any atom is 0.253 e. The summed E-state index contributed by atoms with van der Waals surface area (Å²) in [4.78, 5) is 18.9. The summed E-state index contributed by atoms with van der Waals surface area (Å²) in [6.45, 7) is 6.42. The molecule has 0 radical (unpaired) electrons. The number of nitrogens with one attached hydrogen (secondary N) is 2. The molecule has 134 valence electrons. The zero-order valence-electron chi connectivity index (χ0n) is 15.2. The Balaban J connectivity index is 1.49. The molecule has 1 aromatic carbocycles. The van der Waals surface area contributed by atoms with E-state index in [0.717, 1.165) is 43.6 Å². The highest BCUT2D eigenvalue weighted by atomic mass is 16.1. The van der Waals surface area contributed by atoms with E-state index in [2.05, 4.69) is 28.2 Å². The van der Waals surface area contributed by atoms with Gasteiger partial charge in [0.2, 0.25) is 0 Å². The number of benzene rings is 1. The Hall–Kier alpha value is -1.81. The molecule has 4 rings (SSSR count). The number of carbonyl (C=O) groups is 1. The lowest BCUT2D eigenvalue weighted by Gasteiger charge is -2.31. The summed E-state index contributed by atoms with van der Waals surface area (Å²) in [7, 11) is 0. The van der Waals surface area contributed by atoms with E-state index >= 15 is 0 Å². The summed E-state index contributed by atoms with van der Waals surface area (Å²) in [6.07, 6.45) is 7.21. The van der Waals surface area contributed by atoms with Gasteiger partial charge in [-0.2, -0.15) is 0 Å². The number of likely N-dealkylation sites (tertiary alicyclic amines) is 1. The molecule has 0 bridgehead atoms. The Kier molecular flexibility index (Phi) is 4.80. The van der Waals surface area contributed by atoms with Crippen LogP contribution in [-0.2, 0) is 12.8 Å². The van der Waals surface area contributed by atoms with Gasteiger partial charge in [-0.15, -0.1) is 0 Å². The lowest BCUT2D eigenvalue weighted by Crippen LogP contribution is -2.40. The Labute approximate surface area is 150 Å². The van der Waals surface area contributed by atoms with Gasteiger partial charge in [-0.25, -0.2) is 0 Å². The number of aromatic nitrogens is 1. The number of hydrogen-bond acceptors (Lipinski definition) is 2. The number of hydrogen-bond donors (Lipinski definition) is 2. The molecule has 2 aliphatic rings. The first-order valence-electron chi connectivity index (χ1n) is 9.89. The summed E-state index contributed by atoms with van der Waals surface area (Å²) in [5, 5.41) is 4.45. The van der Waals surface area contributed by atoms with Gasteiger partial charge >= 0.3 is 0 Å². The number of nitrogens with zero attached hydrogens (tertiary/aromatic N) is 1. The smallest absolute Gasteiger partial charge is 0.253 e. The quantitative estimate of drug-likeness (QED) is 0.895. The third-order valence-electron chi connectivity index (χ3n) is 5.98. The van der Waals surface area contributed by atoms with Gasteiger partial charge in [-0.05, 0) is 69.2 Å². The van der Waals surface area contributed by atoms with Gasteiger partial charge in [-0.3, -0.25) is 4.79 Å². The van der Waals surface area contributed by atoms with Crippen LogP contribution in [0, 0.1) is 5.92 Å². The molecule has 0 spiro atoms. The maximum absolute atomic E-state index is 12.8. The molecule has 4 nitrogen and oxygen atoms in total. The van der Waals surface area contributed by atoms with Gasteiger partial charge in [0.15, 0.2) is 0 Å². The van der Waals surface area contributed by atoms with Crippen molar-refractivity contribution in [2.24, 2.45) is 5.92 Å². The highest BCUT2D eigenvalue weighted by Crippen LogP contribution is 2.30. The summed E-state index contributed by atoms with van der Waals surface area (Å²) in [5.41, 5.74) is 4.61. The van der Waals surface area contributed by atoms with E-state index in [1.165, 1.54) is 48.9 Å². The van der Waals surface area contributed by atoms with Crippen molar-refractivity contribution in [2.75, 3.05) is 26.2 Å². The molecular formula is C21H29N3O. The molecule has 2 N–H and O–H groups in total. The van der Waals surface area contributed by atoms with Gasteiger partial charge < -0.3 is 15.2 Å². The number of para-hydroxylation sites is 1. The first-order chi connectivity index (χ1) is 12.3. The van der Waals surface area contributed by atoms with Crippen molar-refractivity contribution >= 4 is 16.8 Å². The SMILES string of the molecule is CCN1CCC[C@H](CNC(=O)c2cccc3c4c([nH]c23)CCCC4)C1. The number of fused-ring (bicyclic) bond motifs is 3. The zero-order chi connectivity index (χ0) is 17.2. The fourth-order valence-corrected chi connectivity index (χ4v) is 4.56. The van der Waals surface area contributed by atoms with Crippen molar-refractivity contribution in [3.8, 4) is 0 Å². The number of amides is 1. The minimum atomic E-state index is 0.0674. The van der Waals surface area contributed by atoms with Crippen LogP contribution in [0.5, 0.6) is 0 Å². The van der Waals surface area contributed by atoms with Crippen molar-refractivity contribution in [1.29, 1.82) is 0 Å². The molecule has 1 fully saturated rings. The monoisotopic (exact) mass is 339 g/mol. The third-order valence-corrected chi connectivity index (χ3v) is 5.98. The minimum absolute atomic E-state index is 0.0674. The second-order valence-electron chi connectivity index (χ2n) is 7.63. The fourth-order valence-electron chi connectivity index (χ4n) is 4.56. The average Bonchev–Trinajstić information content (AvgIpc) is 3.05. The minimum Gasteiger partial charge on any atom is -0.358 e. The van der Waals surface area contributed by atoms with Crippen molar-refractivity contribution in [1.82, 2.24) is 15.2 Å². The molecule has 2 aromatic rings. The molecular weight excluding hydrogens is 310 g/mol. The Morgan fingerprint density at radius 1 is 1.28 bits per heavy atom. The number of aryl methyl sites for hydroxylation is 2. The number of rotatable bonds is 4. The summed E-state index contributed by atoms with van der Waals surface area (Å²) < 4.78 is 0. The van der Waals surface area contributed by atoms with E-state index in [1.807, 2.05) is 12.1 Å². The Bertz CT molecular complexity index is 764. The highest BCUT2D eigenvalue weighted by molar-refractivity contribution is 6.06. The van der Waals surface area contributed by atoms with Crippen molar-refractivity contribution in [3.05, 3.63) is 35.0 Å². The lowest BCUT2D eigenvalue weighted by atomic mass is 9.95. The molecule has 1 saturated heterocycles. The van der Waals surface area contributed by atoms with E-state index in [1.54, 1.807) is 0 Å². The van der Waals surface area contributed by atoms with Crippen LogP contribution in [-0.4, -0.2) is 42.0 Å². The normalized spacial score (nSPS) is 21.2. The van der Waals surface area contributed by atoms with Crippen LogP contribution < -0.4 is 5.32 Å². The van der Waals surface area contributed by atoms with Gasteiger partial charge in [0, 0.05) is 24.2 Å². The maximum atomic E-state index is 12.8. The van der Waals surface area contributed by atoms with Crippen LogP contribution in [0.4, 0.5) is 0 Å². The molecule has 1 amide bonds. The molecule has 1 atom stereocenters. The topological polar surface area (TPSA) is 48.1 Å². The van der Waals surface area contributed by atoms with E-state index in [9.17, 15) is 4.79 Å². The highest BCUT2D eigenvalue weighted by Gasteiger charge is 2.22. The van der Waals surface area contributed by atoms with Crippen molar-refractivity contribution < 1.29 is 4.79 Å². The molecule has 25 heavy (non-hydrogen) atoms.